The highest BCUT2D eigenvalue weighted by Crippen LogP contribution is 2.59. The zero-order valence-electron chi connectivity index (χ0n) is 5.52. The highest BCUT2D eigenvalue weighted by molar-refractivity contribution is 8.05. The van der Waals surface area contributed by atoms with Crippen molar-refractivity contribution in [1.82, 2.24) is 0 Å². The molecule has 0 amide bonds. The summed E-state index contributed by atoms with van der Waals surface area (Å²) in [5.41, 5.74) is 0. The van der Waals surface area contributed by atoms with Crippen molar-refractivity contribution in [3.63, 3.8) is 0 Å². The maximum absolute atomic E-state index is 10.6. The van der Waals surface area contributed by atoms with E-state index in [1.165, 1.54) is 0 Å². The Morgan fingerprint density at radius 2 is 1.67 bits per heavy atom. The number of hydrogen-bond donors (Lipinski definition) is 0. The second-order valence-electron chi connectivity index (χ2n) is 2.62. The average Bonchev–Trinajstić information content (AvgIpc) is 1.14. The lowest BCUT2D eigenvalue weighted by Crippen LogP contribution is -2.21. The molecule has 0 aliphatic rings. The van der Waals surface area contributed by atoms with Crippen molar-refractivity contribution in [2.45, 2.75) is 19.6 Å². The van der Waals surface area contributed by atoms with Gasteiger partial charge in [0.05, 0.1) is 0 Å². The third-order valence-corrected chi connectivity index (χ3v) is 4.66. The van der Waals surface area contributed by atoms with Gasteiger partial charge in [-0.3, -0.25) is 4.57 Å². The summed E-state index contributed by atoms with van der Waals surface area (Å²) in [5, 5.41) is 0. The van der Waals surface area contributed by atoms with Gasteiger partial charge in [-0.25, -0.2) is 0 Å². The largest absolute Gasteiger partial charge is 0.370 e. The summed E-state index contributed by atoms with van der Waals surface area (Å²) in [5.74, 6) is 0. The number of rotatable bonds is 2. The fourth-order valence-corrected chi connectivity index (χ4v) is 6.60. The minimum absolute atomic E-state index is 1.82. The second-order valence-corrected chi connectivity index (χ2v) is 11.6. The molecule has 6 heteroatoms. The molecule has 0 N–H and O–H groups in total. The van der Waals surface area contributed by atoms with Crippen LogP contribution in [0.15, 0.2) is 0 Å². The van der Waals surface area contributed by atoms with Crippen LogP contribution in [0.3, 0.4) is 0 Å². The van der Waals surface area contributed by atoms with Gasteiger partial charge in [0.25, 0.3) is 0 Å². The fraction of sp³-hybridized carbons (Fsp3) is 1.00. The smallest absolute Gasteiger partial charge is 0.349 e. The van der Waals surface area contributed by atoms with Gasteiger partial charge >= 0.3 is 6.07 Å². The van der Waals surface area contributed by atoms with E-state index in [0.29, 0.717) is 0 Å². The molecule has 0 aromatic carbocycles. The van der Waals surface area contributed by atoms with E-state index in [1.54, 1.807) is 0 Å². The van der Waals surface area contributed by atoms with E-state index in [1.807, 2.05) is 19.6 Å². The number of halogens is 2. The summed E-state index contributed by atoms with van der Waals surface area (Å²) in [6.45, 7) is 5.60. The average molecular weight is 207 g/mol. The molecule has 0 aromatic rings. The van der Waals surface area contributed by atoms with E-state index in [0.717, 1.165) is 0 Å². The van der Waals surface area contributed by atoms with Gasteiger partial charge in [0.1, 0.15) is 0 Å². The van der Waals surface area contributed by atoms with E-state index in [-0.39, 0.29) is 0 Å². The van der Waals surface area contributed by atoms with Crippen LogP contribution in [0.1, 0.15) is 0 Å². The Morgan fingerprint density at radius 1 is 1.33 bits per heavy atom. The lowest BCUT2D eigenvalue weighted by atomic mass is 11.8. The minimum atomic E-state index is -3.28. The van der Waals surface area contributed by atoms with Crippen LogP contribution in [0.2, 0.25) is 19.6 Å². The molecular weight excluding hydrogens is 198 g/mol. The van der Waals surface area contributed by atoms with E-state index in [4.69, 9.17) is 26.7 Å². The van der Waals surface area contributed by atoms with Crippen molar-refractivity contribution in [3.05, 3.63) is 0 Å². The monoisotopic (exact) mass is 206 g/mol. The summed E-state index contributed by atoms with van der Waals surface area (Å²) in [7, 11) is -1.82. The summed E-state index contributed by atoms with van der Waals surface area (Å²) in [6.07, 6.45) is -3.28. The molecule has 2 nitrogen and oxygen atoms in total. The van der Waals surface area contributed by atoms with Crippen LogP contribution in [-0.4, -0.2) is 8.32 Å². The molecule has 0 spiro atoms. The molecule has 0 heterocycles. The zero-order chi connectivity index (χ0) is 7.71. The van der Waals surface area contributed by atoms with Gasteiger partial charge in [-0.1, -0.05) is 0 Å². The standard InChI is InChI=1S/C3H9Cl2O2PSi/c1-9(2,3)7-8(4,5)6/h1-3H3. The highest BCUT2D eigenvalue weighted by atomic mass is 35.9. The fourth-order valence-electron chi connectivity index (χ4n) is 0.319. The van der Waals surface area contributed by atoms with Crippen LogP contribution in [0.5, 0.6) is 0 Å². The second kappa shape index (κ2) is 2.93. The Labute approximate surface area is 65.7 Å². The Kier molecular flexibility index (Phi) is 3.25. The Bertz CT molecular complexity index is 137. The molecule has 0 fully saturated rings. The van der Waals surface area contributed by atoms with Crippen LogP contribution >= 0.6 is 28.6 Å². The molecular formula is C3H9Cl2O2PSi. The maximum atomic E-state index is 10.6. The molecule has 0 saturated heterocycles. The predicted molar refractivity (Wildman–Crippen MR) is 43.7 cm³/mol. The first kappa shape index (κ1) is 9.99. The molecule has 0 atom stereocenters. The van der Waals surface area contributed by atoms with Gasteiger partial charge in [0, 0.05) is 0 Å². The quantitative estimate of drug-likeness (QED) is 0.512. The first-order valence-corrected chi connectivity index (χ1v) is 9.25. The third kappa shape index (κ3) is 8.99. The van der Waals surface area contributed by atoms with Crippen molar-refractivity contribution in [3.8, 4) is 0 Å². The lowest BCUT2D eigenvalue weighted by molar-refractivity contribution is 0.513. The SMILES string of the molecule is C[Si](C)(C)OP(=O)(Cl)Cl. The zero-order valence-corrected chi connectivity index (χ0v) is 8.93. The van der Waals surface area contributed by atoms with E-state index in [2.05, 4.69) is 0 Å². The summed E-state index contributed by atoms with van der Waals surface area (Å²) < 4.78 is 15.4. The Morgan fingerprint density at radius 3 is 1.67 bits per heavy atom. The summed E-state index contributed by atoms with van der Waals surface area (Å²) in [6, 6.07) is 0. The van der Waals surface area contributed by atoms with Gasteiger partial charge in [-0.05, 0) is 42.1 Å². The molecule has 0 aliphatic heterocycles. The Hall–Kier alpha value is 0.987. The molecule has 0 bridgehead atoms. The summed E-state index contributed by atoms with van der Waals surface area (Å²) in [4.78, 5) is 0. The topological polar surface area (TPSA) is 26.3 Å². The van der Waals surface area contributed by atoms with Crippen molar-refractivity contribution in [2.75, 3.05) is 0 Å². The van der Waals surface area contributed by atoms with Crippen molar-refractivity contribution < 1.29 is 8.78 Å². The molecule has 9 heavy (non-hydrogen) atoms. The molecule has 0 aliphatic carbocycles. The summed E-state index contributed by atoms with van der Waals surface area (Å²) >= 11 is 10.3. The van der Waals surface area contributed by atoms with Crippen molar-refractivity contribution in [2.24, 2.45) is 0 Å². The first-order valence-electron chi connectivity index (χ1n) is 2.41. The molecule has 0 aromatic heterocycles. The van der Waals surface area contributed by atoms with Gasteiger partial charge < -0.3 is 4.21 Å². The van der Waals surface area contributed by atoms with E-state index in [9.17, 15) is 4.57 Å². The van der Waals surface area contributed by atoms with Gasteiger partial charge in [0.2, 0.25) is 0 Å². The predicted octanol–water partition coefficient (Wildman–Crippen LogP) is 3.42. The number of hydrogen-bond acceptors (Lipinski definition) is 2. The molecule has 0 unspecified atom stereocenters. The normalized spacial score (nSPS) is 13.9. The Balaban J connectivity index is 3.90. The van der Waals surface area contributed by atoms with Crippen LogP contribution in [-0.2, 0) is 8.78 Å². The lowest BCUT2D eigenvalue weighted by Gasteiger charge is -2.16. The van der Waals surface area contributed by atoms with Crippen LogP contribution < -0.4 is 0 Å². The van der Waals surface area contributed by atoms with Gasteiger partial charge in [0.15, 0.2) is 8.32 Å². The van der Waals surface area contributed by atoms with Crippen LogP contribution in [0.4, 0.5) is 0 Å². The van der Waals surface area contributed by atoms with Crippen LogP contribution in [0.25, 0.3) is 0 Å². The minimum Gasteiger partial charge on any atom is -0.349 e. The van der Waals surface area contributed by atoms with Crippen LogP contribution in [0, 0.1) is 0 Å². The molecule has 0 radical (unpaired) electrons. The molecule has 56 valence electrons. The molecule has 0 rings (SSSR count). The van der Waals surface area contributed by atoms with E-state index < -0.39 is 14.4 Å². The van der Waals surface area contributed by atoms with Crippen molar-refractivity contribution in [1.29, 1.82) is 0 Å². The highest BCUT2D eigenvalue weighted by Gasteiger charge is 2.25. The van der Waals surface area contributed by atoms with Crippen molar-refractivity contribution >= 4 is 36.9 Å². The maximum Gasteiger partial charge on any atom is 0.370 e. The van der Waals surface area contributed by atoms with Gasteiger partial charge in [-0.15, -0.1) is 0 Å². The molecule has 0 saturated carbocycles. The third-order valence-electron chi connectivity index (χ3n) is 0.380. The van der Waals surface area contributed by atoms with Gasteiger partial charge in [-0.2, -0.15) is 0 Å². The van der Waals surface area contributed by atoms with E-state index >= 15 is 0 Å². The first-order chi connectivity index (χ1) is 3.71.